The topological polar surface area (TPSA) is 44.1 Å². The van der Waals surface area contributed by atoms with Crippen molar-refractivity contribution in [1.29, 1.82) is 0 Å². The molecule has 0 saturated heterocycles. The van der Waals surface area contributed by atoms with Crippen LogP contribution < -0.4 is 4.74 Å². The minimum absolute atomic E-state index is 0.242. The Labute approximate surface area is 131 Å². The first-order valence-electron chi connectivity index (χ1n) is 7.92. The van der Waals surface area contributed by atoms with Crippen LogP contribution in [-0.2, 0) is 12.8 Å². The smallest absolute Gasteiger partial charge is 0.166 e. The van der Waals surface area contributed by atoms with E-state index in [9.17, 15) is 4.79 Å². The van der Waals surface area contributed by atoms with Crippen molar-refractivity contribution in [1.82, 2.24) is 9.78 Å². The van der Waals surface area contributed by atoms with Crippen LogP contribution in [0, 0.1) is 5.92 Å². The number of nitrogens with zero attached hydrogens (tertiary/aromatic N) is 2. The second kappa shape index (κ2) is 5.95. The number of aryl methyl sites for hydroxylation is 1. The Bertz CT molecular complexity index is 703. The molecule has 1 aromatic carbocycles. The van der Waals surface area contributed by atoms with Crippen molar-refractivity contribution in [2.24, 2.45) is 5.92 Å². The summed E-state index contributed by atoms with van der Waals surface area (Å²) in [5.41, 5.74) is 3.82. The van der Waals surface area contributed by atoms with Crippen molar-refractivity contribution >= 4 is 5.78 Å². The molecule has 3 rings (SSSR count). The number of methoxy groups -OCH3 is 1. The van der Waals surface area contributed by atoms with Gasteiger partial charge in [0.15, 0.2) is 5.78 Å². The van der Waals surface area contributed by atoms with Gasteiger partial charge in [-0.2, -0.15) is 5.10 Å². The van der Waals surface area contributed by atoms with Gasteiger partial charge in [0, 0.05) is 12.5 Å². The Morgan fingerprint density at radius 2 is 2.18 bits per heavy atom. The molecule has 1 atom stereocenters. The van der Waals surface area contributed by atoms with Gasteiger partial charge in [0.2, 0.25) is 0 Å². The van der Waals surface area contributed by atoms with E-state index in [1.807, 2.05) is 28.9 Å². The number of aromatic nitrogens is 2. The summed E-state index contributed by atoms with van der Waals surface area (Å²) in [6, 6.07) is 7.85. The minimum atomic E-state index is 0.242. The maximum Gasteiger partial charge on any atom is 0.166 e. The molecule has 1 aliphatic rings. The molecule has 0 spiro atoms. The molecule has 0 fully saturated rings. The van der Waals surface area contributed by atoms with E-state index >= 15 is 0 Å². The normalized spacial score (nSPS) is 17.4. The van der Waals surface area contributed by atoms with E-state index in [4.69, 9.17) is 9.84 Å². The molecule has 1 heterocycles. The predicted molar refractivity (Wildman–Crippen MR) is 85.9 cm³/mol. The van der Waals surface area contributed by atoms with Crippen LogP contribution in [0.3, 0.4) is 0 Å². The summed E-state index contributed by atoms with van der Waals surface area (Å²) in [4.78, 5) is 12.5. The van der Waals surface area contributed by atoms with E-state index in [0.717, 1.165) is 47.7 Å². The van der Waals surface area contributed by atoms with Gasteiger partial charge < -0.3 is 4.74 Å². The molecule has 22 heavy (non-hydrogen) atoms. The number of rotatable bonds is 4. The zero-order valence-corrected chi connectivity index (χ0v) is 13.4. The van der Waals surface area contributed by atoms with Crippen LogP contribution in [0.5, 0.6) is 5.75 Å². The zero-order chi connectivity index (χ0) is 15.7. The van der Waals surface area contributed by atoms with E-state index in [1.54, 1.807) is 7.11 Å². The number of ether oxygens (including phenoxy) is 1. The summed E-state index contributed by atoms with van der Waals surface area (Å²) < 4.78 is 7.25. The lowest BCUT2D eigenvalue weighted by Crippen LogP contribution is -2.20. The van der Waals surface area contributed by atoms with Gasteiger partial charge in [-0.3, -0.25) is 4.79 Å². The Kier molecular flexibility index (Phi) is 4.01. The van der Waals surface area contributed by atoms with E-state index in [-0.39, 0.29) is 5.78 Å². The van der Waals surface area contributed by atoms with Gasteiger partial charge in [0.05, 0.1) is 29.7 Å². The van der Waals surface area contributed by atoms with Crippen molar-refractivity contribution in [3.63, 3.8) is 0 Å². The molecule has 2 aromatic rings. The molecular weight excluding hydrogens is 276 g/mol. The first-order valence-corrected chi connectivity index (χ1v) is 7.92. The number of benzene rings is 1. The molecular formula is C18H22N2O2. The van der Waals surface area contributed by atoms with Gasteiger partial charge >= 0.3 is 0 Å². The molecule has 4 heteroatoms. The van der Waals surface area contributed by atoms with Crippen LogP contribution in [0.15, 0.2) is 24.3 Å². The molecule has 0 radical (unpaired) electrons. The molecule has 0 N–H and O–H groups in total. The second-order valence-corrected chi connectivity index (χ2v) is 6.07. The average Bonchev–Trinajstić information content (AvgIpc) is 2.86. The maximum absolute atomic E-state index is 12.5. The maximum atomic E-state index is 12.5. The molecule has 0 amide bonds. The van der Waals surface area contributed by atoms with E-state index in [2.05, 4.69) is 13.8 Å². The third-order valence-electron chi connectivity index (χ3n) is 4.19. The highest BCUT2D eigenvalue weighted by Gasteiger charge is 2.30. The molecule has 0 bridgehead atoms. The summed E-state index contributed by atoms with van der Waals surface area (Å²) >= 11 is 0. The van der Waals surface area contributed by atoms with E-state index in [0.29, 0.717) is 12.3 Å². The minimum Gasteiger partial charge on any atom is -0.497 e. The van der Waals surface area contributed by atoms with Gasteiger partial charge in [-0.05, 0) is 30.9 Å². The number of ketones is 1. The van der Waals surface area contributed by atoms with Gasteiger partial charge in [0.1, 0.15) is 5.75 Å². The SMILES string of the molecule is CCCc1nn(-c2cccc(OC)c2)c2c1C(=O)CC(C)C2. The van der Waals surface area contributed by atoms with Gasteiger partial charge in [0.25, 0.3) is 0 Å². The van der Waals surface area contributed by atoms with Crippen molar-refractivity contribution in [3.8, 4) is 11.4 Å². The number of carbonyl (C=O) groups excluding carboxylic acids is 1. The molecule has 1 unspecified atom stereocenters. The quantitative estimate of drug-likeness (QED) is 0.866. The summed E-state index contributed by atoms with van der Waals surface area (Å²) in [5.74, 6) is 1.41. The van der Waals surface area contributed by atoms with Gasteiger partial charge in [-0.15, -0.1) is 0 Å². The van der Waals surface area contributed by atoms with Crippen molar-refractivity contribution in [3.05, 3.63) is 41.2 Å². The molecule has 0 aliphatic heterocycles. The van der Waals surface area contributed by atoms with Crippen LogP contribution in [0.1, 0.15) is 48.4 Å². The molecule has 1 aliphatic carbocycles. The summed E-state index contributed by atoms with van der Waals surface area (Å²) in [5, 5.41) is 4.75. The molecule has 0 saturated carbocycles. The summed E-state index contributed by atoms with van der Waals surface area (Å²) in [6.07, 6.45) is 3.37. The van der Waals surface area contributed by atoms with Crippen LogP contribution in [0.4, 0.5) is 0 Å². The van der Waals surface area contributed by atoms with Crippen LogP contribution in [-0.4, -0.2) is 22.7 Å². The van der Waals surface area contributed by atoms with Crippen molar-refractivity contribution < 1.29 is 9.53 Å². The molecule has 116 valence electrons. The fourth-order valence-corrected chi connectivity index (χ4v) is 3.20. The standard InChI is InChI=1S/C18H22N2O2/c1-4-6-15-18-16(9-12(2)10-17(18)21)20(19-15)13-7-5-8-14(11-13)22-3/h5,7-8,11-12H,4,6,9-10H2,1-3H3. The van der Waals surface area contributed by atoms with Gasteiger partial charge in [-0.1, -0.05) is 26.3 Å². The highest BCUT2D eigenvalue weighted by Crippen LogP contribution is 2.31. The zero-order valence-electron chi connectivity index (χ0n) is 13.4. The number of Topliss-reactive ketones (excluding diaryl/α,β-unsaturated/α-hetero) is 1. The number of carbonyl (C=O) groups is 1. The highest BCUT2D eigenvalue weighted by atomic mass is 16.5. The monoisotopic (exact) mass is 298 g/mol. The Balaban J connectivity index is 2.15. The Hall–Kier alpha value is -2.10. The van der Waals surface area contributed by atoms with Gasteiger partial charge in [-0.25, -0.2) is 4.68 Å². The lowest BCUT2D eigenvalue weighted by atomic mass is 9.86. The van der Waals surface area contributed by atoms with Crippen LogP contribution >= 0.6 is 0 Å². The first kappa shape index (κ1) is 14.8. The largest absolute Gasteiger partial charge is 0.497 e. The first-order chi connectivity index (χ1) is 10.6. The second-order valence-electron chi connectivity index (χ2n) is 6.07. The van der Waals surface area contributed by atoms with Crippen LogP contribution in [0.25, 0.3) is 5.69 Å². The summed E-state index contributed by atoms with van der Waals surface area (Å²) in [6.45, 7) is 4.25. The predicted octanol–water partition coefficient (Wildman–Crippen LogP) is 3.60. The third kappa shape index (κ3) is 2.54. The number of fused-ring (bicyclic) bond motifs is 1. The van der Waals surface area contributed by atoms with E-state index in [1.165, 1.54) is 0 Å². The fourth-order valence-electron chi connectivity index (χ4n) is 3.20. The van der Waals surface area contributed by atoms with Crippen molar-refractivity contribution in [2.45, 2.75) is 39.5 Å². The Morgan fingerprint density at radius 3 is 2.91 bits per heavy atom. The lowest BCUT2D eigenvalue weighted by molar-refractivity contribution is 0.0952. The summed E-state index contributed by atoms with van der Waals surface area (Å²) in [7, 11) is 1.66. The van der Waals surface area contributed by atoms with Crippen molar-refractivity contribution in [2.75, 3.05) is 7.11 Å². The number of hydrogen-bond acceptors (Lipinski definition) is 3. The average molecular weight is 298 g/mol. The Morgan fingerprint density at radius 1 is 1.36 bits per heavy atom. The highest BCUT2D eigenvalue weighted by molar-refractivity contribution is 5.99. The third-order valence-corrected chi connectivity index (χ3v) is 4.19. The molecule has 4 nitrogen and oxygen atoms in total. The lowest BCUT2D eigenvalue weighted by Gasteiger charge is -2.19. The van der Waals surface area contributed by atoms with E-state index < -0.39 is 0 Å². The molecule has 1 aromatic heterocycles. The number of hydrogen-bond donors (Lipinski definition) is 0. The van der Waals surface area contributed by atoms with Crippen LogP contribution in [0.2, 0.25) is 0 Å². The fraction of sp³-hybridized carbons (Fsp3) is 0.444.